The zero-order valence-corrected chi connectivity index (χ0v) is 17.9. The first kappa shape index (κ1) is 21.4. The molecule has 0 bridgehead atoms. The number of rotatable bonds is 3. The summed E-state index contributed by atoms with van der Waals surface area (Å²) in [4.78, 5) is 29.1. The first-order valence-corrected chi connectivity index (χ1v) is 11.0. The molecule has 3 rings (SSSR count). The van der Waals surface area contributed by atoms with Crippen molar-refractivity contribution in [2.24, 2.45) is 5.41 Å². The highest BCUT2D eigenvalue weighted by Gasteiger charge is 2.39. The van der Waals surface area contributed by atoms with E-state index >= 15 is 0 Å². The largest absolute Gasteiger partial charge is 0.367 e. The smallest absolute Gasteiger partial charge is 0.243 e. The molecule has 0 saturated carbocycles. The summed E-state index contributed by atoms with van der Waals surface area (Å²) < 4.78 is 14.4. The number of benzene rings is 1. The van der Waals surface area contributed by atoms with Crippen molar-refractivity contribution in [3.05, 3.63) is 29.6 Å². The molecule has 0 aliphatic carbocycles. The number of carbonyl (C=O) groups is 2. The highest BCUT2D eigenvalue weighted by atomic mass is 32.2. The molecule has 0 radical (unpaired) electrons. The Labute approximate surface area is 175 Å². The molecule has 156 valence electrons. The van der Waals surface area contributed by atoms with Crippen LogP contribution in [0.5, 0.6) is 0 Å². The predicted molar refractivity (Wildman–Crippen MR) is 112 cm³/mol. The number of nitrogens with zero attached hydrogens (tertiary/aromatic N) is 3. The fourth-order valence-electron chi connectivity index (χ4n) is 3.73. The zero-order chi connectivity index (χ0) is 21.2. The maximum Gasteiger partial charge on any atom is 0.243 e. The second kappa shape index (κ2) is 8.62. The van der Waals surface area contributed by atoms with Crippen molar-refractivity contribution in [3.63, 3.8) is 0 Å². The van der Waals surface area contributed by atoms with Crippen LogP contribution in [0.15, 0.2) is 18.2 Å². The standard InChI is InChI=1S/C21H27FN4O2S/c1-21(2,3)20(28)26-13-29-12-18(26)19(27)24-15-5-4-8-25(11-15)17-7-6-14(10-23)9-16(17)22/h6-7,9,15,18H,4-5,8,11-13H2,1-3H3,(H,24,27). The number of hydrogen-bond acceptors (Lipinski definition) is 5. The Balaban J connectivity index is 1.65. The molecule has 8 heteroatoms. The van der Waals surface area contributed by atoms with E-state index in [1.807, 2.05) is 31.7 Å². The highest BCUT2D eigenvalue weighted by molar-refractivity contribution is 7.99. The van der Waals surface area contributed by atoms with Gasteiger partial charge in [0, 0.05) is 30.3 Å². The number of carbonyl (C=O) groups excluding carboxylic acids is 2. The molecule has 1 aromatic carbocycles. The number of thioether (sulfide) groups is 1. The van der Waals surface area contributed by atoms with E-state index in [0.29, 0.717) is 30.4 Å². The average molecular weight is 419 g/mol. The summed E-state index contributed by atoms with van der Waals surface area (Å²) in [5.74, 6) is 0.535. The number of nitrogens with one attached hydrogen (secondary N) is 1. The molecule has 0 aromatic heterocycles. The minimum absolute atomic E-state index is 0.0208. The van der Waals surface area contributed by atoms with Crippen LogP contribution >= 0.6 is 11.8 Å². The van der Waals surface area contributed by atoms with Crippen molar-refractivity contribution < 1.29 is 14.0 Å². The Bertz CT molecular complexity index is 833. The zero-order valence-electron chi connectivity index (χ0n) is 17.1. The first-order chi connectivity index (χ1) is 13.7. The van der Waals surface area contributed by atoms with Gasteiger partial charge >= 0.3 is 0 Å². The van der Waals surface area contributed by atoms with Crippen LogP contribution in [0, 0.1) is 22.6 Å². The molecule has 1 N–H and O–H groups in total. The Morgan fingerprint density at radius 1 is 1.34 bits per heavy atom. The lowest BCUT2D eigenvalue weighted by atomic mass is 9.94. The number of nitriles is 1. The van der Waals surface area contributed by atoms with Gasteiger partial charge in [-0.1, -0.05) is 20.8 Å². The van der Waals surface area contributed by atoms with Gasteiger partial charge in [0.2, 0.25) is 11.8 Å². The van der Waals surface area contributed by atoms with Crippen LogP contribution < -0.4 is 10.2 Å². The van der Waals surface area contributed by atoms with E-state index in [1.54, 1.807) is 28.8 Å². The summed E-state index contributed by atoms with van der Waals surface area (Å²) in [6.07, 6.45) is 1.64. The van der Waals surface area contributed by atoms with E-state index in [9.17, 15) is 14.0 Å². The van der Waals surface area contributed by atoms with Gasteiger partial charge in [-0.05, 0) is 31.0 Å². The summed E-state index contributed by atoms with van der Waals surface area (Å²) >= 11 is 1.59. The predicted octanol–water partition coefficient (Wildman–Crippen LogP) is 2.73. The van der Waals surface area contributed by atoms with Crippen LogP contribution in [0.2, 0.25) is 0 Å². The summed E-state index contributed by atoms with van der Waals surface area (Å²) in [7, 11) is 0. The van der Waals surface area contributed by atoms with Crippen molar-refractivity contribution in [2.45, 2.75) is 45.7 Å². The molecule has 2 saturated heterocycles. The van der Waals surface area contributed by atoms with E-state index < -0.39 is 17.3 Å². The summed E-state index contributed by atoms with van der Waals surface area (Å²) in [5.41, 5.74) is 0.206. The van der Waals surface area contributed by atoms with Crippen LogP contribution in [-0.2, 0) is 9.59 Å². The third-order valence-corrected chi connectivity index (χ3v) is 6.28. The van der Waals surface area contributed by atoms with Crippen LogP contribution in [0.4, 0.5) is 10.1 Å². The fraction of sp³-hybridized carbons (Fsp3) is 0.571. The first-order valence-electron chi connectivity index (χ1n) is 9.84. The van der Waals surface area contributed by atoms with Crippen LogP contribution in [0.25, 0.3) is 0 Å². The fourth-order valence-corrected chi connectivity index (χ4v) is 4.89. The monoisotopic (exact) mass is 418 g/mol. The summed E-state index contributed by atoms with van der Waals surface area (Å²) in [6, 6.07) is 5.83. The molecule has 2 unspecified atom stereocenters. The van der Waals surface area contributed by atoms with Gasteiger partial charge < -0.3 is 15.1 Å². The van der Waals surface area contributed by atoms with Crippen molar-refractivity contribution in [2.75, 3.05) is 29.6 Å². The molecular weight excluding hydrogens is 391 g/mol. The van der Waals surface area contributed by atoms with Gasteiger partial charge in [0.15, 0.2) is 0 Å². The van der Waals surface area contributed by atoms with E-state index in [-0.39, 0.29) is 23.4 Å². The second-order valence-corrected chi connectivity index (χ2v) is 9.61. The Morgan fingerprint density at radius 2 is 2.10 bits per heavy atom. The SMILES string of the molecule is CC(C)(C)C(=O)N1CSCC1C(=O)NC1CCCN(c2ccc(C#N)cc2F)C1. The molecule has 2 heterocycles. The molecule has 2 aliphatic heterocycles. The van der Waals surface area contributed by atoms with Gasteiger partial charge in [0.25, 0.3) is 0 Å². The third kappa shape index (κ3) is 4.84. The molecular formula is C21H27FN4O2S. The summed E-state index contributed by atoms with van der Waals surface area (Å²) in [6.45, 7) is 6.78. The molecule has 6 nitrogen and oxygen atoms in total. The topological polar surface area (TPSA) is 76.4 Å². The van der Waals surface area contributed by atoms with E-state index in [2.05, 4.69) is 5.32 Å². The molecule has 2 atom stereocenters. The van der Waals surface area contributed by atoms with Gasteiger partial charge in [-0.2, -0.15) is 5.26 Å². The number of amides is 2. The van der Waals surface area contributed by atoms with Crippen LogP contribution in [-0.4, -0.2) is 53.5 Å². The van der Waals surface area contributed by atoms with E-state index in [4.69, 9.17) is 5.26 Å². The van der Waals surface area contributed by atoms with Gasteiger partial charge in [0.05, 0.1) is 23.2 Å². The number of hydrogen-bond donors (Lipinski definition) is 1. The number of halogens is 1. The molecule has 2 amide bonds. The minimum Gasteiger partial charge on any atom is -0.367 e. The van der Waals surface area contributed by atoms with Gasteiger partial charge in [0.1, 0.15) is 11.9 Å². The van der Waals surface area contributed by atoms with Crippen LogP contribution in [0.1, 0.15) is 39.2 Å². The van der Waals surface area contributed by atoms with E-state index in [0.717, 1.165) is 12.8 Å². The Morgan fingerprint density at radius 3 is 2.76 bits per heavy atom. The van der Waals surface area contributed by atoms with Gasteiger partial charge in [-0.25, -0.2) is 4.39 Å². The van der Waals surface area contributed by atoms with Gasteiger partial charge in [-0.15, -0.1) is 11.8 Å². The maximum absolute atomic E-state index is 14.4. The van der Waals surface area contributed by atoms with Crippen LogP contribution in [0.3, 0.4) is 0 Å². The third-order valence-electron chi connectivity index (χ3n) is 5.27. The van der Waals surface area contributed by atoms with Gasteiger partial charge in [-0.3, -0.25) is 9.59 Å². The number of piperidine rings is 1. The van der Waals surface area contributed by atoms with Crippen molar-refractivity contribution in [1.29, 1.82) is 5.26 Å². The van der Waals surface area contributed by atoms with E-state index in [1.165, 1.54) is 6.07 Å². The van der Waals surface area contributed by atoms with Crippen molar-refractivity contribution >= 4 is 29.3 Å². The molecule has 2 fully saturated rings. The lowest BCUT2D eigenvalue weighted by Gasteiger charge is -2.36. The lowest BCUT2D eigenvalue weighted by Crippen LogP contribution is -2.55. The second-order valence-electron chi connectivity index (χ2n) is 8.61. The number of anilines is 1. The molecule has 1 aromatic rings. The molecule has 0 spiro atoms. The maximum atomic E-state index is 14.4. The normalized spacial score (nSPS) is 22.3. The average Bonchev–Trinajstić information content (AvgIpc) is 3.16. The molecule has 29 heavy (non-hydrogen) atoms. The highest BCUT2D eigenvalue weighted by Crippen LogP contribution is 2.28. The summed E-state index contributed by atoms with van der Waals surface area (Å²) in [5, 5.41) is 12.0. The van der Waals surface area contributed by atoms with Crippen molar-refractivity contribution in [3.8, 4) is 6.07 Å². The lowest BCUT2D eigenvalue weighted by molar-refractivity contribution is -0.144. The quantitative estimate of drug-likeness (QED) is 0.817. The van der Waals surface area contributed by atoms with Crippen molar-refractivity contribution in [1.82, 2.24) is 10.2 Å². The Hall–Kier alpha value is -2.27. The Kier molecular flexibility index (Phi) is 6.37. The minimum atomic E-state index is -0.530. The molecule has 2 aliphatic rings.